The smallest absolute Gasteiger partial charge is 0.256 e. The Hall–Kier alpha value is -2.47. The normalized spacial score (nSPS) is 10.5. The Morgan fingerprint density at radius 1 is 1.17 bits per heavy atom. The predicted molar refractivity (Wildman–Crippen MR) is 89.8 cm³/mol. The number of nitrogens with one attached hydrogen (secondary N) is 1. The Labute approximate surface area is 141 Å². The molecule has 0 radical (unpaired) electrons. The van der Waals surface area contributed by atoms with Gasteiger partial charge in [0.15, 0.2) is 0 Å². The number of carbonyl (C=O) groups is 1. The largest absolute Gasteiger partial charge is 0.307 e. The van der Waals surface area contributed by atoms with Crippen molar-refractivity contribution in [2.45, 2.75) is 6.54 Å². The highest BCUT2D eigenvalue weighted by Crippen LogP contribution is 2.16. The summed E-state index contributed by atoms with van der Waals surface area (Å²) in [4.78, 5) is 12.2. The molecule has 2 aromatic carbocycles. The minimum atomic E-state index is -0.444. The summed E-state index contributed by atoms with van der Waals surface area (Å²) in [5.74, 6) is -0.264. The van der Waals surface area contributed by atoms with Gasteiger partial charge in [0.1, 0.15) is 11.6 Å². The number of halogens is 2. The molecule has 0 aliphatic rings. The third-order valence-corrected chi connectivity index (χ3v) is 3.76. The number of rotatable bonds is 4. The average Bonchev–Trinajstić information content (AvgIpc) is 2.94. The van der Waals surface area contributed by atoms with Gasteiger partial charge in [-0.3, -0.25) is 4.79 Å². The zero-order valence-electron chi connectivity index (χ0n) is 12.0. The van der Waals surface area contributed by atoms with Crippen LogP contribution in [0.5, 0.6) is 0 Å². The van der Waals surface area contributed by atoms with Crippen LogP contribution in [0.4, 0.5) is 10.2 Å². The van der Waals surface area contributed by atoms with Crippen LogP contribution in [0.25, 0.3) is 0 Å². The molecule has 4 nitrogen and oxygen atoms in total. The van der Waals surface area contributed by atoms with Crippen LogP contribution in [-0.4, -0.2) is 15.7 Å². The zero-order chi connectivity index (χ0) is 16.2. The van der Waals surface area contributed by atoms with Crippen molar-refractivity contribution in [3.05, 3.63) is 82.2 Å². The van der Waals surface area contributed by atoms with E-state index in [2.05, 4.69) is 26.3 Å². The summed E-state index contributed by atoms with van der Waals surface area (Å²) in [6, 6.07) is 15.1. The third kappa shape index (κ3) is 3.84. The van der Waals surface area contributed by atoms with E-state index in [0.29, 0.717) is 12.4 Å². The SMILES string of the molecule is O=C(Nc1ccnn1Cc1cccc(Br)c1)c1cccc(F)c1. The molecule has 0 aliphatic carbocycles. The van der Waals surface area contributed by atoms with Crippen LogP contribution in [0.2, 0.25) is 0 Å². The van der Waals surface area contributed by atoms with Gasteiger partial charge in [-0.2, -0.15) is 5.10 Å². The predicted octanol–water partition coefficient (Wildman–Crippen LogP) is 4.09. The Balaban J connectivity index is 1.77. The van der Waals surface area contributed by atoms with Crippen LogP contribution in [-0.2, 0) is 6.54 Å². The summed E-state index contributed by atoms with van der Waals surface area (Å²) in [5, 5.41) is 6.97. The second-order valence-corrected chi connectivity index (χ2v) is 5.88. The van der Waals surface area contributed by atoms with Crippen molar-refractivity contribution in [1.82, 2.24) is 9.78 Å². The number of hydrogen-bond donors (Lipinski definition) is 1. The lowest BCUT2D eigenvalue weighted by atomic mass is 10.2. The van der Waals surface area contributed by atoms with Crippen molar-refractivity contribution in [1.29, 1.82) is 0 Å². The van der Waals surface area contributed by atoms with Crippen LogP contribution in [0.1, 0.15) is 15.9 Å². The maximum Gasteiger partial charge on any atom is 0.256 e. The summed E-state index contributed by atoms with van der Waals surface area (Å²) < 4.78 is 15.9. The Bertz CT molecular complexity index is 847. The van der Waals surface area contributed by atoms with E-state index in [0.717, 1.165) is 10.0 Å². The van der Waals surface area contributed by atoms with Crippen molar-refractivity contribution in [3.63, 3.8) is 0 Å². The van der Waals surface area contributed by atoms with Crippen molar-refractivity contribution >= 4 is 27.7 Å². The monoisotopic (exact) mass is 373 g/mol. The highest BCUT2D eigenvalue weighted by atomic mass is 79.9. The van der Waals surface area contributed by atoms with E-state index in [4.69, 9.17) is 0 Å². The summed E-state index contributed by atoms with van der Waals surface area (Å²) in [7, 11) is 0. The molecule has 3 rings (SSSR count). The molecule has 1 aromatic heterocycles. The van der Waals surface area contributed by atoms with E-state index >= 15 is 0 Å². The quantitative estimate of drug-likeness (QED) is 0.748. The second-order valence-electron chi connectivity index (χ2n) is 4.97. The molecule has 1 N–H and O–H groups in total. The van der Waals surface area contributed by atoms with Gasteiger partial charge in [0.25, 0.3) is 5.91 Å². The van der Waals surface area contributed by atoms with E-state index < -0.39 is 5.82 Å². The van der Waals surface area contributed by atoms with Crippen molar-refractivity contribution in [2.24, 2.45) is 0 Å². The fourth-order valence-electron chi connectivity index (χ4n) is 2.19. The highest BCUT2D eigenvalue weighted by Gasteiger charge is 2.10. The minimum absolute atomic E-state index is 0.264. The first-order valence-corrected chi connectivity index (χ1v) is 7.74. The highest BCUT2D eigenvalue weighted by molar-refractivity contribution is 9.10. The van der Waals surface area contributed by atoms with Gasteiger partial charge < -0.3 is 5.32 Å². The van der Waals surface area contributed by atoms with Crippen molar-refractivity contribution in [3.8, 4) is 0 Å². The average molecular weight is 374 g/mol. The molecule has 3 aromatic rings. The van der Waals surface area contributed by atoms with Crippen LogP contribution in [0.15, 0.2) is 65.3 Å². The van der Waals surface area contributed by atoms with E-state index in [9.17, 15) is 9.18 Å². The molecule has 0 spiro atoms. The summed E-state index contributed by atoms with van der Waals surface area (Å²) in [6.07, 6.45) is 1.61. The molecule has 0 saturated heterocycles. The van der Waals surface area contributed by atoms with E-state index in [1.54, 1.807) is 23.0 Å². The number of hydrogen-bond acceptors (Lipinski definition) is 2. The lowest BCUT2D eigenvalue weighted by molar-refractivity contribution is 0.102. The van der Waals surface area contributed by atoms with Crippen LogP contribution >= 0.6 is 15.9 Å². The number of carbonyl (C=O) groups excluding carboxylic acids is 1. The molecule has 0 aliphatic heterocycles. The fraction of sp³-hybridized carbons (Fsp3) is 0.0588. The topological polar surface area (TPSA) is 46.9 Å². The minimum Gasteiger partial charge on any atom is -0.307 e. The van der Waals surface area contributed by atoms with Gasteiger partial charge >= 0.3 is 0 Å². The summed E-state index contributed by atoms with van der Waals surface area (Å²) >= 11 is 3.43. The molecule has 23 heavy (non-hydrogen) atoms. The number of amides is 1. The van der Waals surface area contributed by atoms with E-state index in [1.807, 2.05) is 24.3 Å². The lowest BCUT2D eigenvalue weighted by Gasteiger charge is -2.09. The van der Waals surface area contributed by atoms with Gasteiger partial charge in [-0.05, 0) is 35.9 Å². The van der Waals surface area contributed by atoms with Gasteiger partial charge in [-0.15, -0.1) is 0 Å². The Morgan fingerprint density at radius 3 is 2.78 bits per heavy atom. The first-order chi connectivity index (χ1) is 11.1. The molecular formula is C17H13BrFN3O. The number of benzene rings is 2. The van der Waals surface area contributed by atoms with Gasteiger partial charge in [0, 0.05) is 16.1 Å². The van der Waals surface area contributed by atoms with Crippen molar-refractivity contribution < 1.29 is 9.18 Å². The summed E-state index contributed by atoms with van der Waals surface area (Å²) in [6.45, 7) is 0.519. The van der Waals surface area contributed by atoms with Crippen LogP contribution in [0, 0.1) is 5.82 Å². The van der Waals surface area contributed by atoms with Gasteiger partial charge in [-0.25, -0.2) is 9.07 Å². The number of anilines is 1. The third-order valence-electron chi connectivity index (χ3n) is 3.27. The van der Waals surface area contributed by atoms with Crippen LogP contribution < -0.4 is 5.32 Å². The molecule has 0 bridgehead atoms. The number of nitrogens with zero attached hydrogens (tertiary/aromatic N) is 2. The molecule has 0 fully saturated rings. The molecule has 0 atom stereocenters. The first kappa shape index (κ1) is 15.4. The van der Waals surface area contributed by atoms with E-state index in [-0.39, 0.29) is 11.5 Å². The molecular weight excluding hydrogens is 361 g/mol. The molecule has 1 heterocycles. The molecule has 6 heteroatoms. The lowest BCUT2D eigenvalue weighted by Crippen LogP contribution is -2.16. The number of aromatic nitrogens is 2. The molecule has 0 unspecified atom stereocenters. The molecule has 0 saturated carbocycles. The fourth-order valence-corrected chi connectivity index (χ4v) is 2.64. The molecule has 116 valence electrons. The van der Waals surface area contributed by atoms with Crippen molar-refractivity contribution in [2.75, 3.05) is 5.32 Å². The van der Waals surface area contributed by atoms with E-state index in [1.165, 1.54) is 18.2 Å². The standard InChI is InChI=1S/C17H13BrFN3O/c18-14-5-1-3-12(9-14)11-22-16(7-8-20-22)21-17(23)13-4-2-6-15(19)10-13/h1-10H,11H2,(H,21,23). The Kier molecular flexibility index (Phi) is 4.52. The maximum atomic E-state index is 13.2. The summed E-state index contributed by atoms with van der Waals surface area (Å²) in [5.41, 5.74) is 1.31. The second kappa shape index (κ2) is 6.75. The van der Waals surface area contributed by atoms with Crippen LogP contribution in [0.3, 0.4) is 0 Å². The molecule has 1 amide bonds. The van der Waals surface area contributed by atoms with Gasteiger partial charge in [0.2, 0.25) is 0 Å². The maximum absolute atomic E-state index is 13.2. The van der Waals surface area contributed by atoms with Gasteiger partial charge in [-0.1, -0.05) is 34.1 Å². The zero-order valence-corrected chi connectivity index (χ0v) is 13.6. The first-order valence-electron chi connectivity index (χ1n) is 6.95. The van der Waals surface area contributed by atoms with Gasteiger partial charge in [0.05, 0.1) is 12.7 Å². The Morgan fingerprint density at radius 2 is 2.00 bits per heavy atom.